The quantitative estimate of drug-likeness (QED) is 0.595. The maximum Gasteiger partial charge on any atom is 0.182 e. The number of nitrogens with one attached hydrogen (secondary N) is 1. The van der Waals surface area contributed by atoms with Gasteiger partial charge in [0.2, 0.25) is 0 Å². The molecule has 2 aliphatic rings. The highest BCUT2D eigenvalue weighted by Gasteiger charge is 2.57. The van der Waals surface area contributed by atoms with Crippen molar-refractivity contribution in [1.29, 1.82) is 0 Å². The molecule has 0 amide bonds. The van der Waals surface area contributed by atoms with Crippen molar-refractivity contribution >= 4 is 11.4 Å². The summed E-state index contributed by atoms with van der Waals surface area (Å²) in [6.45, 7) is 1.94. The van der Waals surface area contributed by atoms with E-state index in [9.17, 15) is 23.4 Å². The Bertz CT molecular complexity index is 957. The summed E-state index contributed by atoms with van der Waals surface area (Å²) in [5.74, 6) is -2.95. The van der Waals surface area contributed by atoms with Crippen LogP contribution >= 0.6 is 0 Å². The average Bonchev–Trinajstić information content (AvgIpc) is 3.12. The summed E-state index contributed by atoms with van der Waals surface area (Å²) in [6.07, 6.45) is 1.99. The molecule has 1 aliphatic heterocycles. The van der Waals surface area contributed by atoms with E-state index >= 15 is 0 Å². The van der Waals surface area contributed by atoms with Gasteiger partial charge in [0.05, 0.1) is 11.4 Å². The van der Waals surface area contributed by atoms with Crippen molar-refractivity contribution < 1.29 is 23.4 Å². The standard InChI is InChI=1S/C22H26F3N3O2/c1-13-4-7-17(16(24)10-13)27-19-14(5-6-15(23)18(19)25)20(29)28-11-22(30,12-28)21(26)8-2-3-9-21/h4-7,10,20,27,29-30H,2-3,8-9,11-12,26H2,1H3. The van der Waals surface area contributed by atoms with Crippen LogP contribution in [-0.2, 0) is 0 Å². The molecule has 5 nitrogen and oxygen atoms in total. The minimum absolute atomic E-state index is 0.0365. The number of β-amino-alcohol motifs (C(OH)–C–C–N with tert-alkyl or cyclic N) is 1. The molecule has 1 saturated heterocycles. The van der Waals surface area contributed by atoms with Gasteiger partial charge in [0.15, 0.2) is 11.6 Å². The lowest BCUT2D eigenvalue weighted by atomic mass is 9.73. The van der Waals surface area contributed by atoms with Gasteiger partial charge >= 0.3 is 0 Å². The Labute approximate surface area is 173 Å². The summed E-state index contributed by atoms with van der Waals surface area (Å²) >= 11 is 0. The molecule has 1 heterocycles. The molecule has 0 bridgehead atoms. The maximum atomic E-state index is 14.6. The number of anilines is 2. The number of nitrogens with two attached hydrogens (primary N) is 1. The number of hydrogen-bond acceptors (Lipinski definition) is 5. The third kappa shape index (κ3) is 3.47. The van der Waals surface area contributed by atoms with E-state index in [0.717, 1.165) is 18.9 Å². The predicted molar refractivity (Wildman–Crippen MR) is 108 cm³/mol. The molecule has 0 radical (unpaired) electrons. The Balaban J connectivity index is 1.59. The van der Waals surface area contributed by atoms with Crippen molar-refractivity contribution in [2.24, 2.45) is 5.73 Å². The lowest BCUT2D eigenvalue weighted by Crippen LogP contribution is -2.75. The summed E-state index contributed by atoms with van der Waals surface area (Å²) in [4.78, 5) is 1.54. The number of aryl methyl sites for hydroxylation is 1. The zero-order valence-electron chi connectivity index (χ0n) is 16.8. The second-order valence-corrected chi connectivity index (χ2v) is 8.61. The molecule has 8 heteroatoms. The van der Waals surface area contributed by atoms with Gasteiger partial charge < -0.3 is 21.3 Å². The number of benzene rings is 2. The molecule has 162 valence electrons. The van der Waals surface area contributed by atoms with E-state index in [2.05, 4.69) is 5.32 Å². The minimum Gasteiger partial charge on any atom is -0.385 e. The van der Waals surface area contributed by atoms with Gasteiger partial charge in [-0.3, -0.25) is 4.90 Å². The van der Waals surface area contributed by atoms with E-state index < -0.39 is 34.8 Å². The van der Waals surface area contributed by atoms with Gasteiger partial charge in [-0.25, -0.2) is 13.2 Å². The van der Waals surface area contributed by atoms with Gasteiger partial charge in [0, 0.05) is 24.2 Å². The molecule has 1 saturated carbocycles. The highest BCUT2D eigenvalue weighted by molar-refractivity contribution is 5.65. The average molecular weight is 421 g/mol. The first-order valence-electron chi connectivity index (χ1n) is 10.1. The molecule has 2 aromatic carbocycles. The molecule has 0 aromatic heterocycles. The fourth-order valence-corrected chi connectivity index (χ4v) is 4.55. The lowest BCUT2D eigenvalue weighted by Gasteiger charge is -2.56. The number of halogens is 3. The Kier molecular flexibility index (Phi) is 5.30. The molecular formula is C22H26F3N3O2. The molecule has 1 atom stereocenters. The molecule has 0 spiro atoms. The lowest BCUT2D eigenvalue weighted by molar-refractivity contribution is -0.193. The first-order valence-corrected chi connectivity index (χ1v) is 10.1. The van der Waals surface area contributed by atoms with Crippen LogP contribution in [-0.4, -0.2) is 39.3 Å². The van der Waals surface area contributed by atoms with Crippen molar-refractivity contribution in [2.75, 3.05) is 18.4 Å². The molecule has 5 N–H and O–H groups in total. The normalized spacial score (nSPS) is 21.3. The summed E-state index contributed by atoms with van der Waals surface area (Å²) < 4.78 is 42.8. The molecular weight excluding hydrogens is 395 g/mol. The Morgan fingerprint density at radius 2 is 1.73 bits per heavy atom. The van der Waals surface area contributed by atoms with Crippen LogP contribution in [0.2, 0.25) is 0 Å². The van der Waals surface area contributed by atoms with E-state index in [1.165, 1.54) is 23.1 Å². The van der Waals surface area contributed by atoms with E-state index in [1.807, 2.05) is 0 Å². The Morgan fingerprint density at radius 1 is 1.07 bits per heavy atom. The maximum absolute atomic E-state index is 14.6. The second-order valence-electron chi connectivity index (χ2n) is 8.61. The van der Waals surface area contributed by atoms with Gasteiger partial charge in [-0.2, -0.15) is 0 Å². The molecule has 1 unspecified atom stereocenters. The number of aliphatic hydroxyl groups is 2. The zero-order chi connectivity index (χ0) is 21.7. The van der Waals surface area contributed by atoms with Gasteiger partial charge in [-0.05, 0) is 49.6 Å². The number of rotatable bonds is 5. The van der Waals surface area contributed by atoms with Crippen molar-refractivity contribution in [2.45, 2.75) is 50.0 Å². The van der Waals surface area contributed by atoms with Crippen molar-refractivity contribution in [3.8, 4) is 0 Å². The third-order valence-corrected chi connectivity index (χ3v) is 6.49. The van der Waals surface area contributed by atoms with E-state index in [4.69, 9.17) is 5.73 Å². The van der Waals surface area contributed by atoms with Crippen molar-refractivity contribution in [3.63, 3.8) is 0 Å². The first kappa shape index (κ1) is 21.1. The minimum atomic E-state index is -1.32. The zero-order valence-corrected chi connectivity index (χ0v) is 16.8. The van der Waals surface area contributed by atoms with Crippen LogP contribution in [0.5, 0.6) is 0 Å². The van der Waals surface area contributed by atoms with E-state index in [0.29, 0.717) is 18.4 Å². The Morgan fingerprint density at radius 3 is 2.37 bits per heavy atom. The SMILES string of the molecule is Cc1ccc(Nc2c(C(O)N3CC(O)(C4(N)CCCC4)C3)ccc(F)c2F)c(F)c1. The van der Waals surface area contributed by atoms with Crippen LogP contribution in [0.1, 0.15) is 43.0 Å². The topological polar surface area (TPSA) is 81.8 Å². The van der Waals surface area contributed by atoms with E-state index in [-0.39, 0.29) is 30.0 Å². The summed E-state index contributed by atoms with van der Waals surface area (Å²) in [5, 5.41) is 24.3. The van der Waals surface area contributed by atoms with Gasteiger partial charge in [0.25, 0.3) is 0 Å². The third-order valence-electron chi connectivity index (χ3n) is 6.49. The molecule has 2 fully saturated rings. The molecule has 2 aromatic rings. The molecule has 1 aliphatic carbocycles. The highest BCUT2D eigenvalue weighted by atomic mass is 19.2. The van der Waals surface area contributed by atoms with Crippen LogP contribution in [0, 0.1) is 24.4 Å². The van der Waals surface area contributed by atoms with Crippen LogP contribution < -0.4 is 11.1 Å². The fourth-order valence-electron chi connectivity index (χ4n) is 4.55. The summed E-state index contributed by atoms with van der Waals surface area (Å²) in [7, 11) is 0. The smallest absolute Gasteiger partial charge is 0.182 e. The summed E-state index contributed by atoms with van der Waals surface area (Å²) in [5.41, 5.74) is 4.89. The van der Waals surface area contributed by atoms with Crippen molar-refractivity contribution in [1.82, 2.24) is 4.90 Å². The fraction of sp³-hybridized carbons (Fsp3) is 0.455. The van der Waals surface area contributed by atoms with Gasteiger partial charge in [0.1, 0.15) is 17.6 Å². The monoisotopic (exact) mass is 421 g/mol. The predicted octanol–water partition coefficient (Wildman–Crippen LogP) is 3.47. The van der Waals surface area contributed by atoms with Gasteiger partial charge in [-0.15, -0.1) is 0 Å². The second kappa shape index (κ2) is 7.53. The molecule has 30 heavy (non-hydrogen) atoms. The number of hydrogen-bond donors (Lipinski definition) is 4. The van der Waals surface area contributed by atoms with Crippen LogP contribution in [0.4, 0.5) is 24.5 Å². The largest absolute Gasteiger partial charge is 0.385 e. The van der Waals surface area contributed by atoms with Crippen LogP contribution in [0.25, 0.3) is 0 Å². The van der Waals surface area contributed by atoms with Crippen LogP contribution in [0.15, 0.2) is 30.3 Å². The number of nitrogens with zero attached hydrogens (tertiary/aromatic N) is 1. The molecule has 4 rings (SSSR count). The van der Waals surface area contributed by atoms with Gasteiger partial charge in [-0.1, -0.05) is 18.9 Å². The van der Waals surface area contributed by atoms with Crippen LogP contribution in [0.3, 0.4) is 0 Å². The number of aliphatic hydroxyl groups excluding tert-OH is 1. The van der Waals surface area contributed by atoms with Crippen molar-refractivity contribution in [3.05, 3.63) is 58.9 Å². The summed E-state index contributed by atoms with van der Waals surface area (Å²) in [6, 6.07) is 6.50. The first-order chi connectivity index (χ1) is 14.1. The van der Waals surface area contributed by atoms with E-state index in [1.54, 1.807) is 13.0 Å². The Hall–Kier alpha value is -2.13. The number of likely N-dealkylation sites (tertiary alicyclic amines) is 1. The highest BCUT2D eigenvalue weighted by Crippen LogP contribution is 2.44.